The minimum Gasteiger partial charge on any atom is -0.497 e. The van der Waals surface area contributed by atoms with E-state index in [0.29, 0.717) is 48.4 Å². The van der Waals surface area contributed by atoms with Gasteiger partial charge < -0.3 is 28.4 Å². The van der Waals surface area contributed by atoms with Crippen LogP contribution >= 0.6 is 9.24 Å². The maximum Gasteiger partial charge on any atom is 0.134 e. The first-order valence-corrected chi connectivity index (χ1v) is 16.2. The van der Waals surface area contributed by atoms with E-state index in [-0.39, 0.29) is 5.41 Å². The van der Waals surface area contributed by atoms with Crippen molar-refractivity contribution in [3.63, 3.8) is 0 Å². The van der Waals surface area contributed by atoms with Gasteiger partial charge in [-0.2, -0.15) is 0 Å². The number of ether oxygens (including phenoxy) is 6. The molecule has 1 atom stereocenters. The molecule has 3 aromatic rings. The lowest BCUT2D eigenvalue weighted by Gasteiger charge is -2.21. The first-order chi connectivity index (χ1) is 21.7. The Kier molecular flexibility index (Phi) is 15.6. The molecule has 0 saturated heterocycles. The molecule has 0 saturated carbocycles. The van der Waals surface area contributed by atoms with Gasteiger partial charge >= 0.3 is 0 Å². The molecule has 0 aliphatic heterocycles. The molecule has 0 aliphatic rings. The van der Waals surface area contributed by atoms with Gasteiger partial charge in [-0.1, -0.05) is 58.3 Å². The molecule has 0 spiro atoms. The third kappa shape index (κ3) is 10.9. The van der Waals surface area contributed by atoms with Crippen LogP contribution in [0.4, 0.5) is 0 Å². The molecule has 6 nitrogen and oxygen atoms in total. The van der Waals surface area contributed by atoms with Crippen LogP contribution in [-0.2, 0) is 11.2 Å². The lowest BCUT2D eigenvalue weighted by Crippen LogP contribution is -2.09. The summed E-state index contributed by atoms with van der Waals surface area (Å²) in [5, 5.41) is 0. The van der Waals surface area contributed by atoms with Gasteiger partial charge in [-0.05, 0) is 72.9 Å². The molecular weight excluding hydrogens is 583 g/mol. The maximum atomic E-state index is 6.58. The summed E-state index contributed by atoms with van der Waals surface area (Å²) in [7, 11) is 8.98. The minimum absolute atomic E-state index is 0.241. The van der Waals surface area contributed by atoms with Gasteiger partial charge in [0.25, 0.3) is 0 Å². The van der Waals surface area contributed by atoms with Crippen molar-refractivity contribution >= 4 is 20.4 Å². The van der Waals surface area contributed by atoms with Crippen LogP contribution in [0.5, 0.6) is 28.7 Å². The molecule has 0 radical (unpaired) electrons. The fraction of sp³-hybridized carbons (Fsp3) is 0.368. The molecule has 0 N–H and O–H groups in total. The SMILES string of the molecule is C=C/C(=C(OCCCOc1ccc(CC(C)(C)C)cc1)\C(=C/C)c1cc(OC)ccc1OC)c1cc(OC)ccc1OC.CP. The maximum absolute atomic E-state index is 6.58. The lowest BCUT2D eigenvalue weighted by atomic mass is 9.88. The van der Waals surface area contributed by atoms with Gasteiger partial charge in [0.05, 0.1) is 41.7 Å². The fourth-order valence-electron chi connectivity index (χ4n) is 4.82. The second-order valence-electron chi connectivity index (χ2n) is 11.2. The van der Waals surface area contributed by atoms with E-state index in [1.165, 1.54) is 5.56 Å². The highest BCUT2D eigenvalue weighted by Gasteiger charge is 2.21. The smallest absolute Gasteiger partial charge is 0.134 e. The van der Waals surface area contributed by atoms with Gasteiger partial charge in [0, 0.05) is 28.7 Å². The predicted octanol–water partition coefficient (Wildman–Crippen LogP) is 9.29. The normalized spacial score (nSPS) is 11.8. The molecule has 0 aliphatic carbocycles. The Bertz CT molecular complexity index is 1420. The number of benzene rings is 3. The third-order valence-electron chi connectivity index (χ3n) is 6.84. The third-order valence-corrected chi connectivity index (χ3v) is 6.84. The van der Waals surface area contributed by atoms with Crippen LogP contribution < -0.4 is 23.7 Å². The van der Waals surface area contributed by atoms with Gasteiger partial charge in [-0.15, -0.1) is 9.24 Å². The van der Waals surface area contributed by atoms with E-state index in [9.17, 15) is 0 Å². The summed E-state index contributed by atoms with van der Waals surface area (Å²) in [5.41, 5.74) is 4.74. The molecule has 0 fully saturated rings. The number of allylic oxidation sites excluding steroid dienone is 4. The molecule has 3 aromatic carbocycles. The summed E-state index contributed by atoms with van der Waals surface area (Å²) in [4.78, 5) is 0. The summed E-state index contributed by atoms with van der Waals surface area (Å²) in [6.07, 6.45) is 5.46. The number of methoxy groups -OCH3 is 4. The fourth-order valence-corrected chi connectivity index (χ4v) is 4.82. The zero-order valence-electron chi connectivity index (χ0n) is 28.5. The highest BCUT2D eigenvalue weighted by molar-refractivity contribution is 7.15. The molecule has 0 heterocycles. The van der Waals surface area contributed by atoms with Crippen molar-refractivity contribution in [3.8, 4) is 28.7 Å². The van der Waals surface area contributed by atoms with E-state index in [2.05, 4.69) is 48.7 Å². The van der Waals surface area contributed by atoms with Gasteiger partial charge in [-0.25, -0.2) is 0 Å². The Morgan fingerprint density at radius 1 is 0.733 bits per heavy atom. The molecule has 45 heavy (non-hydrogen) atoms. The quantitative estimate of drug-likeness (QED) is 0.0719. The van der Waals surface area contributed by atoms with Crippen molar-refractivity contribution in [2.45, 2.75) is 40.5 Å². The lowest BCUT2D eigenvalue weighted by molar-refractivity contribution is 0.195. The zero-order chi connectivity index (χ0) is 33.4. The molecule has 0 bridgehead atoms. The van der Waals surface area contributed by atoms with E-state index < -0.39 is 0 Å². The van der Waals surface area contributed by atoms with Crippen LogP contribution in [0.3, 0.4) is 0 Å². The van der Waals surface area contributed by atoms with Crippen LogP contribution in [0.25, 0.3) is 11.1 Å². The summed E-state index contributed by atoms with van der Waals surface area (Å²) < 4.78 is 35.2. The average Bonchev–Trinajstić information content (AvgIpc) is 3.05. The van der Waals surface area contributed by atoms with Gasteiger partial charge in [0.2, 0.25) is 0 Å². The van der Waals surface area contributed by atoms with Crippen LogP contribution in [0, 0.1) is 5.41 Å². The highest BCUT2D eigenvalue weighted by atomic mass is 31.0. The predicted molar refractivity (Wildman–Crippen MR) is 191 cm³/mol. The van der Waals surface area contributed by atoms with Crippen molar-refractivity contribution < 1.29 is 28.4 Å². The Morgan fingerprint density at radius 2 is 1.27 bits per heavy atom. The standard InChI is InChI=1S/C37H46O6.CH5P/c1-10-30(32-23-28(38-6)17-19-34(32)40-8)36(31(11-2)33-24-29(39-7)18-20-35(33)41-9)43-22-12-21-42-27-15-13-26(14-16-27)25-37(3,4)5;1-2/h10-11,13-20,23-24H,1,12,21-22,25H2,2-9H3;2H2,1H3/b31-11-,36-30-;. The largest absolute Gasteiger partial charge is 0.497 e. The topological polar surface area (TPSA) is 55.4 Å². The number of hydrogen-bond acceptors (Lipinski definition) is 6. The van der Waals surface area contributed by atoms with E-state index in [1.807, 2.05) is 68.2 Å². The van der Waals surface area contributed by atoms with E-state index >= 15 is 0 Å². The van der Waals surface area contributed by atoms with Gasteiger partial charge in [-0.3, -0.25) is 0 Å². The summed E-state index contributed by atoms with van der Waals surface area (Å²) in [6, 6.07) is 19.7. The molecule has 1 unspecified atom stereocenters. The monoisotopic (exact) mass is 634 g/mol. The first kappa shape index (κ1) is 37.3. The van der Waals surface area contributed by atoms with Crippen molar-refractivity contribution in [2.75, 3.05) is 48.3 Å². The summed E-state index contributed by atoms with van der Waals surface area (Å²) in [5.74, 6) is 4.23. The van der Waals surface area contributed by atoms with E-state index in [4.69, 9.17) is 28.4 Å². The Labute approximate surface area is 273 Å². The average molecular weight is 635 g/mol. The second kappa shape index (κ2) is 18.8. The zero-order valence-corrected chi connectivity index (χ0v) is 29.6. The molecule has 7 heteroatoms. The minimum atomic E-state index is 0.241. The van der Waals surface area contributed by atoms with Crippen molar-refractivity contribution in [2.24, 2.45) is 5.41 Å². The van der Waals surface area contributed by atoms with Crippen LogP contribution in [0.1, 0.15) is 50.8 Å². The highest BCUT2D eigenvalue weighted by Crippen LogP contribution is 2.41. The van der Waals surface area contributed by atoms with Gasteiger partial charge in [0.15, 0.2) is 0 Å². The summed E-state index contributed by atoms with van der Waals surface area (Å²) >= 11 is 0. The molecule has 244 valence electrons. The molecule has 0 amide bonds. The van der Waals surface area contributed by atoms with E-state index in [1.54, 1.807) is 34.5 Å². The Morgan fingerprint density at radius 3 is 1.76 bits per heavy atom. The number of hydrogen-bond donors (Lipinski definition) is 0. The van der Waals surface area contributed by atoms with Crippen molar-refractivity contribution in [3.05, 3.63) is 102 Å². The van der Waals surface area contributed by atoms with Crippen LogP contribution in [0.2, 0.25) is 0 Å². The Hall–Kier alpha value is -3.89. The van der Waals surface area contributed by atoms with Crippen molar-refractivity contribution in [1.82, 2.24) is 0 Å². The molecule has 3 rings (SSSR count). The Balaban J connectivity index is 0.00000345. The number of rotatable bonds is 15. The van der Waals surface area contributed by atoms with E-state index in [0.717, 1.165) is 34.4 Å². The first-order valence-electron chi connectivity index (χ1n) is 15.1. The molecule has 0 aromatic heterocycles. The van der Waals surface area contributed by atoms with Crippen molar-refractivity contribution in [1.29, 1.82) is 0 Å². The summed E-state index contributed by atoms with van der Waals surface area (Å²) in [6.45, 7) is 15.7. The second-order valence-corrected chi connectivity index (χ2v) is 11.2. The van der Waals surface area contributed by atoms with Crippen LogP contribution in [0.15, 0.2) is 85.2 Å². The van der Waals surface area contributed by atoms with Gasteiger partial charge in [0.1, 0.15) is 34.5 Å². The van der Waals surface area contributed by atoms with Crippen LogP contribution in [-0.4, -0.2) is 48.3 Å². The molecular formula is C38H51O6P.